The van der Waals surface area contributed by atoms with Gasteiger partial charge in [0.15, 0.2) is 0 Å². The molecule has 1 aliphatic rings. The van der Waals surface area contributed by atoms with E-state index >= 15 is 0 Å². The van der Waals surface area contributed by atoms with Crippen molar-refractivity contribution in [1.29, 1.82) is 0 Å². The van der Waals surface area contributed by atoms with E-state index in [-0.39, 0.29) is 24.8 Å². The molecule has 0 spiro atoms. The molecular formula is C23H34Cl2N2O3. The number of hydrogen-bond acceptors (Lipinski definition) is 5. The van der Waals surface area contributed by atoms with Crippen molar-refractivity contribution in [3.05, 3.63) is 54.1 Å². The molecule has 1 fully saturated rings. The molecule has 2 aromatic rings. The van der Waals surface area contributed by atoms with Crippen LogP contribution in [0.2, 0.25) is 0 Å². The highest BCUT2D eigenvalue weighted by Crippen LogP contribution is 2.28. The average Bonchev–Trinajstić information content (AvgIpc) is 2.74. The quantitative estimate of drug-likeness (QED) is 0.616. The van der Waals surface area contributed by atoms with Crippen LogP contribution in [0.25, 0.3) is 0 Å². The second kappa shape index (κ2) is 13.6. The van der Waals surface area contributed by atoms with E-state index in [0.29, 0.717) is 13.2 Å². The summed E-state index contributed by atoms with van der Waals surface area (Å²) in [5, 5.41) is 10.4. The first kappa shape index (κ1) is 26.4. The van der Waals surface area contributed by atoms with Gasteiger partial charge in [0.25, 0.3) is 0 Å². The zero-order chi connectivity index (χ0) is 19.8. The molecule has 168 valence electrons. The number of nitrogens with zero attached hydrogens (tertiary/aromatic N) is 2. The molecule has 2 aromatic carbocycles. The largest absolute Gasteiger partial charge is 0.495 e. The number of methoxy groups -OCH3 is 1. The fourth-order valence-corrected chi connectivity index (χ4v) is 3.65. The Hall–Kier alpha value is -1.66. The molecule has 1 N–H and O–H groups in total. The summed E-state index contributed by atoms with van der Waals surface area (Å²) >= 11 is 0. The Morgan fingerprint density at radius 2 is 1.63 bits per heavy atom. The summed E-state index contributed by atoms with van der Waals surface area (Å²) in [5.41, 5.74) is 2.46. The maximum absolute atomic E-state index is 10.4. The zero-order valence-electron chi connectivity index (χ0n) is 17.8. The third kappa shape index (κ3) is 7.55. The van der Waals surface area contributed by atoms with Crippen molar-refractivity contribution >= 4 is 30.5 Å². The lowest BCUT2D eigenvalue weighted by Gasteiger charge is -2.37. The predicted molar refractivity (Wildman–Crippen MR) is 128 cm³/mol. The number of aliphatic hydroxyl groups is 1. The Kier molecular flexibility index (Phi) is 12.0. The summed E-state index contributed by atoms with van der Waals surface area (Å²) in [6.07, 6.45) is 1.74. The molecule has 1 aliphatic heterocycles. The third-order valence-electron chi connectivity index (χ3n) is 5.17. The minimum Gasteiger partial charge on any atom is -0.495 e. The van der Waals surface area contributed by atoms with E-state index in [4.69, 9.17) is 9.47 Å². The lowest BCUT2D eigenvalue weighted by molar-refractivity contribution is 0.0663. The summed E-state index contributed by atoms with van der Waals surface area (Å²) in [6, 6.07) is 16.3. The molecule has 7 heteroatoms. The first-order chi connectivity index (χ1) is 13.7. The highest BCUT2D eigenvalue weighted by molar-refractivity contribution is 5.85. The molecule has 3 rings (SSSR count). The van der Waals surface area contributed by atoms with Gasteiger partial charge in [0, 0.05) is 32.7 Å². The van der Waals surface area contributed by atoms with E-state index < -0.39 is 6.10 Å². The fourth-order valence-electron chi connectivity index (χ4n) is 3.65. The van der Waals surface area contributed by atoms with E-state index in [2.05, 4.69) is 34.9 Å². The molecule has 1 saturated heterocycles. The van der Waals surface area contributed by atoms with Crippen LogP contribution in [0.5, 0.6) is 11.5 Å². The maximum atomic E-state index is 10.4. The minimum atomic E-state index is -0.492. The number of halogens is 2. The second-order valence-electron chi connectivity index (χ2n) is 7.32. The van der Waals surface area contributed by atoms with Crippen LogP contribution in [0.1, 0.15) is 18.9 Å². The van der Waals surface area contributed by atoms with Crippen molar-refractivity contribution in [1.82, 2.24) is 4.90 Å². The predicted octanol–water partition coefficient (Wildman–Crippen LogP) is 4.05. The van der Waals surface area contributed by atoms with Gasteiger partial charge in [0.1, 0.15) is 24.2 Å². The van der Waals surface area contributed by atoms with Crippen molar-refractivity contribution in [2.75, 3.05) is 51.3 Å². The van der Waals surface area contributed by atoms with Gasteiger partial charge >= 0.3 is 0 Å². The van der Waals surface area contributed by atoms with Crippen LogP contribution >= 0.6 is 24.8 Å². The number of piperazine rings is 1. The SMILES string of the molecule is CCCc1ccc(OCC(O)CN2CCN(c3ccccc3OC)CC2)cc1.Cl.Cl. The highest BCUT2D eigenvalue weighted by Gasteiger charge is 2.21. The van der Waals surface area contributed by atoms with Gasteiger partial charge in [0.2, 0.25) is 0 Å². The number of anilines is 1. The van der Waals surface area contributed by atoms with Crippen molar-refractivity contribution in [2.24, 2.45) is 0 Å². The zero-order valence-corrected chi connectivity index (χ0v) is 19.5. The molecule has 1 heterocycles. The smallest absolute Gasteiger partial charge is 0.142 e. The molecule has 0 aromatic heterocycles. The summed E-state index contributed by atoms with van der Waals surface area (Å²) in [5.74, 6) is 1.73. The third-order valence-corrected chi connectivity index (χ3v) is 5.17. The van der Waals surface area contributed by atoms with Gasteiger partial charge in [0.05, 0.1) is 12.8 Å². The fraction of sp³-hybridized carbons (Fsp3) is 0.478. The van der Waals surface area contributed by atoms with E-state index in [0.717, 1.165) is 56.2 Å². The molecule has 5 nitrogen and oxygen atoms in total. The number of aliphatic hydroxyl groups excluding tert-OH is 1. The molecule has 0 amide bonds. The van der Waals surface area contributed by atoms with Gasteiger partial charge in [-0.2, -0.15) is 0 Å². The number of para-hydroxylation sites is 2. The lowest BCUT2D eigenvalue weighted by Crippen LogP contribution is -2.49. The van der Waals surface area contributed by atoms with E-state index in [1.165, 1.54) is 5.56 Å². The Morgan fingerprint density at radius 1 is 0.967 bits per heavy atom. The molecular weight excluding hydrogens is 423 g/mol. The second-order valence-corrected chi connectivity index (χ2v) is 7.32. The average molecular weight is 457 g/mol. The number of ether oxygens (including phenoxy) is 2. The van der Waals surface area contributed by atoms with Crippen LogP contribution < -0.4 is 14.4 Å². The first-order valence-electron chi connectivity index (χ1n) is 10.2. The van der Waals surface area contributed by atoms with Gasteiger partial charge in [-0.1, -0.05) is 37.6 Å². The van der Waals surface area contributed by atoms with E-state index in [9.17, 15) is 5.11 Å². The number of hydrogen-bond donors (Lipinski definition) is 1. The Bertz CT molecular complexity index is 723. The van der Waals surface area contributed by atoms with Crippen molar-refractivity contribution in [3.8, 4) is 11.5 Å². The lowest BCUT2D eigenvalue weighted by atomic mass is 10.1. The first-order valence-corrected chi connectivity index (χ1v) is 10.2. The van der Waals surface area contributed by atoms with Crippen LogP contribution in [0.3, 0.4) is 0 Å². The molecule has 0 radical (unpaired) electrons. The highest BCUT2D eigenvalue weighted by atomic mass is 35.5. The van der Waals surface area contributed by atoms with Crippen molar-refractivity contribution < 1.29 is 14.6 Å². The van der Waals surface area contributed by atoms with Crippen LogP contribution in [0.4, 0.5) is 5.69 Å². The molecule has 30 heavy (non-hydrogen) atoms. The Labute approximate surface area is 192 Å². The van der Waals surface area contributed by atoms with Crippen molar-refractivity contribution in [3.63, 3.8) is 0 Å². The minimum absolute atomic E-state index is 0. The molecule has 0 aliphatic carbocycles. The normalized spacial score (nSPS) is 15.0. The number of rotatable bonds is 9. The Balaban J connectivity index is 0.00000225. The van der Waals surface area contributed by atoms with Crippen molar-refractivity contribution in [2.45, 2.75) is 25.9 Å². The van der Waals surface area contributed by atoms with Crippen LogP contribution in [0.15, 0.2) is 48.5 Å². The monoisotopic (exact) mass is 456 g/mol. The Morgan fingerprint density at radius 3 is 2.27 bits per heavy atom. The number of aryl methyl sites for hydroxylation is 1. The molecule has 1 atom stereocenters. The van der Waals surface area contributed by atoms with Gasteiger partial charge in [-0.25, -0.2) is 0 Å². The molecule has 0 bridgehead atoms. The molecule has 0 saturated carbocycles. The van der Waals surface area contributed by atoms with Gasteiger partial charge in [-0.15, -0.1) is 24.8 Å². The summed E-state index contributed by atoms with van der Waals surface area (Å²) in [6.45, 7) is 6.81. The van der Waals surface area contributed by atoms with Crippen LogP contribution in [-0.2, 0) is 6.42 Å². The van der Waals surface area contributed by atoms with Gasteiger partial charge in [-0.3, -0.25) is 4.90 Å². The van der Waals surface area contributed by atoms with E-state index in [1.54, 1.807) is 7.11 Å². The number of β-amino-alcohol motifs (C(OH)–C–C–N with tert-alkyl or cyclic N) is 1. The van der Waals surface area contributed by atoms with Gasteiger partial charge < -0.3 is 19.5 Å². The maximum Gasteiger partial charge on any atom is 0.142 e. The topological polar surface area (TPSA) is 45.2 Å². The van der Waals surface area contributed by atoms with E-state index in [1.807, 2.05) is 30.3 Å². The van der Waals surface area contributed by atoms with Gasteiger partial charge in [-0.05, 0) is 36.2 Å². The van der Waals surface area contributed by atoms with Crippen LogP contribution in [0, 0.1) is 0 Å². The molecule has 1 unspecified atom stereocenters. The van der Waals surface area contributed by atoms with Crippen LogP contribution in [-0.4, -0.2) is 62.6 Å². The summed E-state index contributed by atoms with van der Waals surface area (Å²) in [4.78, 5) is 4.64. The summed E-state index contributed by atoms with van der Waals surface area (Å²) < 4.78 is 11.2. The summed E-state index contributed by atoms with van der Waals surface area (Å²) in [7, 11) is 1.71. The standard InChI is InChI=1S/C23H32N2O3.2ClH/c1-3-6-19-9-11-21(12-10-19)28-18-20(26)17-24-13-15-25(16-14-24)22-7-4-5-8-23(22)27-2;;/h4-5,7-12,20,26H,3,6,13-18H2,1-2H3;2*1H. The number of benzene rings is 2.